The van der Waals surface area contributed by atoms with Gasteiger partial charge in [-0.2, -0.15) is 0 Å². The van der Waals surface area contributed by atoms with Gasteiger partial charge in [0.05, 0.1) is 14.4 Å². The van der Waals surface area contributed by atoms with E-state index in [1.807, 2.05) is 0 Å². The number of carbonyl (C=O) groups is 1. The van der Waals surface area contributed by atoms with Crippen molar-refractivity contribution in [3.8, 4) is 0 Å². The van der Waals surface area contributed by atoms with Gasteiger partial charge in [0.2, 0.25) is 0 Å². The Balaban J connectivity index is -0.00000112. The van der Waals surface area contributed by atoms with E-state index in [-0.39, 0.29) is 59.1 Å². The number of hydrogen-bond acceptors (Lipinski definition) is 9. The van der Waals surface area contributed by atoms with Crippen molar-refractivity contribution in [2.75, 3.05) is 13.2 Å². The molecule has 9 nitrogen and oxygen atoms in total. The normalized spacial score (nSPS) is 15.9. The smallest absolute Gasteiger partial charge is 0.790 e. The van der Waals surface area contributed by atoms with Crippen LogP contribution >= 0.6 is 7.82 Å². The minimum Gasteiger partial charge on any atom is -0.790 e. The molecule has 96 valence electrons. The Morgan fingerprint density at radius 1 is 1.22 bits per heavy atom. The van der Waals surface area contributed by atoms with Gasteiger partial charge in [-0.25, -0.2) is 0 Å². The Labute approximate surface area is 147 Å². The Kier molecular flexibility index (Phi) is 15.5. The molecule has 0 aliphatic heterocycles. The third-order valence-corrected chi connectivity index (χ3v) is 2.04. The third-order valence-electron chi connectivity index (χ3n) is 1.60. The van der Waals surface area contributed by atoms with E-state index in [0.29, 0.717) is 0 Å². The molecule has 0 aromatic carbocycles. The molecular weight excluding hydrogens is 293 g/mol. The molecule has 0 radical (unpaired) electrons. The van der Waals surface area contributed by atoms with Crippen molar-refractivity contribution < 1.29 is 103 Å². The molecule has 0 spiro atoms. The number of ketones is 1. The maximum atomic E-state index is 10.9. The van der Waals surface area contributed by atoms with Crippen LogP contribution in [-0.2, 0) is 13.9 Å². The monoisotopic (exact) mass is 304 g/mol. The second-order valence-electron chi connectivity index (χ2n) is 2.87. The first-order chi connectivity index (χ1) is 7.19. The van der Waals surface area contributed by atoms with E-state index in [2.05, 4.69) is 4.52 Å². The summed E-state index contributed by atoms with van der Waals surface area (Å²) in [5, 5.41) is 35.3. The van der Waals surface area contributed by atoms with Crippen LogP contribution in [-0.4, -0.2) is 57.7 Å². The average Bonchev–Trinajstić information content (AvgIpc) is 2.21. The molecule has 0 saturated heterocycles. The Bertz CT molecular complexity index is 282. The fourth-order valence-electron chi connectivity index (χ4n) is 0.737. The van der Waals surface area contributed by atoms with Crippen molar-refractivity contribution in [1.29, 1.82) is 0 Å². The fourth-order valence-corrected chi connectivity index (χ4v) is 1.02. The maximum Gasteiger partial charge on any atom is 1.00 e. The van der Waals surface area contributed by atoms with E-state index < -0.39 is 45.1 Å². The van der Waals surface area contributed by atoms with E-state index >= 15 is 0 Å². The van der Waals surface area contributed by atoms with E-state index in [1.54, 1.807) is 0 Å². The van der Waals surface area contributed by atoms with E-state index in [0.717, 1.165) is 0 Å². The summed E-state index contributed by atoms with van der Waals surface area (Å²) >= 11 is 0. The number of aliphatic hydroxyl groups excluding tert-OH is 4. The first kappa shape index (κ1) is 24.6. The molecule has 0 saturated carbocycles. The van der Waals surface area contributed by atoms with Crippen LogP contribution in [0.4, 0.5) is 0 Å². The van der Waals surface area contributed by atoms with Gasteiger partial charge in [-0.15, -0.1) is 0 Å². The molecule has 12 heteroatoms. The molecule has 0 aliphatic carbocycles. The predicted molar refractivity (Wildman–Crippen MR) is 43.7 cm³/mol. The molecule has 0 rings (SSSR count). The summed E-state index contributed by atoms with van der Waals surface area (Å²) in [5.74, 6) is -1.31. The van der Waals surface area contributed by atoms with E-state index in [9.17, 15) is 19.1 Å². The number of aliphatic hydroxyl groups is 4. The van der Waals surface area contributed by atoms with Crippen LogP contribution in [0, 0.1) is 0 Å². The zero-order valence-electron chi connectivity index (χ0n) is 9.92. The van der Waals surface area contributed by atoms with Crippen LogP contribution in [0.5, 0.6) is 0 Å². The van der Waals surface area contributed by atoms with Crippen LogP contribution in [0.2, 0.25) is 0 Å². The molecule has 0 heterocycles. The standard InChI is InChI=1S/C6H13O9P.2Na/c7-1-3(8)5(10)6(11)4(9)2-15-16(12,13)14;;/h3,5-8,10-11H,1-2H2,(H2,12,13,14);;/q;2*+1/p-2/t3-,5-,6-;;/m1../s1. The van der Waals surface area contributed by atoms with E-state index in [4.69, 9.17) is 20.4 Å². The van der Waals surface area contributed by atoms with Gasteiger partial charge in [-0.1, -0.05) is 0 Å². The van der Waals surface area contributed by atoms with Gasteiger partial charge >= 0.3 is 59.1 Å². The Hall–Kier alpha value is 1.62. The second kappa shape index (κ2) is 11.3. The van der Waals surface area contributed by atoms with Crippen LogP contribution in [0.1, 0.15) is 0 Å². The molecule has 0 amide bonds. The summed E-state index contributed by atoms with van der Waals surface area (Å²) < 4.78 is 13.5. The maximum absolute atomic E-state index is 10.9. The average molecular weight is 304 g/mol. The van der Waals surface area contributed by atoms with Gasteiger partial charge < -0.3 is 39.3 Å². The molecule has 18 heavy (non-hydrogen) atoms. The van der Waals surface area contributed by atoms with Crippen LogP contribution in [0.3, 0.4) is 0 Å². The van der Waals surface area contributed by atoms with Crippen molar-refractivity contribution in [2.24, 2.45) is 0 Å². The third kappa shape index (κ3) is 10.4. The molecular formula is C6H11Na2O9P. The number of phosphoric acid groups is 1. The summed E-state index contributed by atoms with van der Waals surface area (Å²) in [4.78, 5) is 30.9. The second-order valence-corrected chi connectivity index (χ2v) is 4.02. The summed E-state index contributed by atoms with van der Waals surface area (Å²) in [5.41, 5.74) is 0. The quantitative estimate of drug-likeness (QED) is 0.263. The first-order valence-corrected chi connectivity index (χ1v) is 5.49. The van der Waals surface area contributed by atoms with Crippen molar-refractivity contribution >= 4 is 13.6 Å². The minimum absolute atomic E-state index is 0. The summed E-state index contributed by atoms with van der Waals surface area (Å²) in [7, 11) is -5.35. The van der Waals surface area contributed by atoms with Gasteiger partial charge in [0.1, 0.15) is 24.9 Å². The first-order valence-electron chi connectivity index (χ1n) is 4.03. The van der Waals surface area contributed by atoms with Crippen molar-refractivity contribution in [3.63, 3.8) is 0 Å². The number of Topliss-reactive ketones (excluding diaryl/α,β-unsaturated/α-hetero) is 1. The molecule has 0 aromatic heterocycles. The zero-order valence-corrected chi connectivity index (χ0v) is 14.8. The number of rotatable bonds is 7. The van der Waals surface area contributed by atoms with Gasteiger partial charge in [0.15, 0.2) is 5.78 Å². The van der Waals surface area contributed by atoms with Crippen molar-refractivity contribution in [1.82, 2.24) is 0 Å². The molecule has 4 N–H and O–H groups in total. The van der Waals surface area contributed by atoms with Gasteiger partial charge in [0.25, 0.3) is 0 Å². The zero-order chi connectivity index (χ0) is 12.9. The Morgan fingerprint density at radius 2 is 1.67 bits per heavy atom. The molecule has 0 fully saturated rings. The molecule has 0 aliphatic rings. The largest absolute Gasteiger partial charge is 1.00 e. The predicted octanol–water partition coefficient (Wildman–Crippen LogP) is -10.5. The summed E-state index contributed by atoms with van der Waals surface area (Å²) in [6.07, 6.45) is -5.93. The SMILES string of the molecule is O=C(COP(=O)([O-])[O-])[C@@H](O)[C@H](O)[C@H](O)CO.[Na+].[Na+]. The topological polar surface area (TPSA) is 170 Å². The van der Waals surface area contributed by atoms with Crippen LogP contribution in [0.25, 0.3) is 0 Å². The molecule has 3 atom stereocenters. The molecule has 0 aromatic rings. The minimum atomic E-state index is -5.35. The van der Waals surface area contributed by atoms with Crippen molar-refractivity contribution in [2.45, 2.75) is 18.3 Å². The Morgan fingerprint density at radius 3 is 2.00 bits per heavy atom. The van der Waals surface area contributed by atoms with Gasteiger partial charge in [0, 0.05) is 0 Å². The number of carbonyl (C=O) groups excluding carboxylic acids is 1. The molecule has 0 unspecified atom stereocenters. The van der Waals surface area contributed by atoms with Gasteiger partial charge in [-0.3, -0.25) is 4.79 Å². The summed E-state index contributed by atoms with van der Waals surface area (Å²) in [6.45, 7) is -2.16. The number of hydrogen-bond donors (Lipinski definition) is 4. The van der Waals surface area contributed by atoms with Crippen LogP contribution in [0.15, 0.2) is 0 Å². The van der Waals surface area contributed by atoms with Crippen LogP contribution < -0.4 is 68.9 Å². The van der Waals surface area contributed by atoms with E-state index in [1.165, 1.54) is 0 Å². The molecule has 0 bridgehead atoms. The fraction of sp³-hybridized carbons (Fsp3) is 0.833. The number of phosphoric ester groups is 1. The van der Waals surface area contributed by atoms with Gasteiger partial charge in [-0.05, 0) is 0 Å². The summed E-state index contributed by atoms with van der Waals surface area (Å²) in [6, 6.07) is 0. The van der Waals surface area contributed by atoms with Crippen molar-refractivity contribution in [3.05, 3.63) is 0 Å².